The SMILES string of the molecule is NC(N)=NCc1nn(-c2ccccc2)c2c1CCC2. The van der Waals surface area contributed by atoms with Crippen LogP contribution in [-0.2, 0) is 19.4 Å². The summed E-state index contributed by atoms with van der Waals surface area (Å²) in [7, 11) is 0. The lowest BCUT2D eigenvalue weighted by Crippen LogP contribution is -2.22. The van der Waals surface area contributed by atoms with Crippen LogP contribution in [0.4, 0.5) is 0 Å². The van der Waals surface area contributed by atoms with Gasteiger partial charge in [0.15, 0.2) is 5.96 Å². The Morgan fingerprint density at radius 3 is 2.74 bits per heavy atom. The largest absolute Gasteiger partial charge is 0.370 e. The van der Waals surface area contributed by atoms with E-state index in [1.54, 1.807) is 0 Å². The van der Waals surface area contributed by atoms with Crippen LogP contribution in [0.3, 0.4) is 0 Å². The smallest absolute Gasteiger partial charge is 0.186 e. The topological polar surface area (TPSA) is 82.2 Å². The van der Waals surface area contributed by atoms with Gasteiger partial charge in [-0.25, -0.2) is 9.67 Å². The molecule has 1 aliphatic rings. The molecule has 0 spiro atoms. The van der Waals surface area contributed by atoms with E-state index in [0.29, 0.717) is 6.54 Å². The number of nitrogens with zero attached hydrogens (tertiary/aromatic N) is 3. The monoisotopic (exact) mass is 255 g/mol. The van der Waals surface area contributed by atoms with Gasteiger partial charge in [0, 0.05) is 5.69 Å². The first kappa shape index (κ1) is 11.8. The third-order valence-electron chi connectivity index (χ3n) is 3.43. The number of hydrogen-bond acceptors (Lipinski definition) is 2. The molecule has 0 atom stereocenters. The predicted octanol–water partition coefficient (Wildman–Crippen LogP) is 1.13. The molecule has 3 rings (SSSR count). The van der Waals surface area contributed by atoms with Gasteiger partial charge >= 0.3 is 0 Å². The van der Waals surface area contributed by atoms with Gasteiger partial charge in [-0.2, -0.15) is 5.10 Å². The fourth-order valence-electron chi connectivity index (χ4n) is 2.59. The Balaban J connectivity index is 2.03. The number of hydrogen-bond donors (Lipinski definition) is 2. The Morgan fingerprint density at radius 2 is 2.00 bits per heavy atom. The normalized spacial score (nSPS) is 13.3. The van der Waals surface area contributed by atoms with Crippen molar-refractivity contribution in [3.05, 3.63) is 47.3 Å². The molecule has 0 bridgehead atoms. The van der Waals surface area contributed by atoms with Gasteiger partial charge in [-0.15, -0.1) is 0 Å². The summed E-state index contributed by atoms with van der Waals surface area (Å²) >= 11 is 0. The maximum absolute atomic E-state index is 5.40. The van der Waals surface area contributed by atoms with E-state index in [9.17, 15) is 0 Å². The molecule has 5 heteroatoms. The minimum absolute atomic E-state index is 0.112. The molecule has 1 aliphatic carbocycles. The number of para-hydroxylation sites is 1. The zero-order valence-electron chi connectivity index (χ0n) is 10.7. The number of guanidine groups is 1. The molecule has 0 amide bonds. The summed E-state index contributed by atoms with van der Waals surface area (Å²) in [5.41, 5.74) is 15.5. The summed E-state index contributed by atoms with van der Waals surface area (Å²) in [5, 5.41) is 4.67. The Morgan fingerprint density at radius 1 is 1.21 bits per heavy atom. The van der Waals surface area contributed by atoms with E-state index in [2.05, 4.69) is 22.2 Å². The zero-order valence-corrected chi connectivity index (χ0v) is 10.7. The molecule has 5 nitrogen and oxygen atoms in total. The van der Waals surface area contributed by atoms with Gasteiger partial charge in [0.1, 0.15) is 0 Å². The lowest BCUT2D eigenvalue weighted by atomic mass is 10.2. The lowest BCUT2D eigenvalue weighted by molar-refractivity contribution is 0.758. The molecule has 2 aromatic rings. The van der Waals surface area contributed by atoms with Crippen LogP contribution in [0.15, 0.2) is 35.3 Å². The summed E-state index contributed by atoms with van der Waals surface area (Å²) in [6.07, 6.45) is 3.31. The van der Waals surface area contributed by atoms with E-state index < -0.39 is 0 Å². The van der Waals surface area contributed by atoms with Crippen LogP contribution in [-0.4, -0.2) is 15.7 Å². The van der Waals surface area contributed by atoms with E-state index >= 15 is 0 Å². The molecule has 1 heterocycles. The van der Waals surface area contributed by atoms with Gasteiger partial charge < -0.3 is 11.5 Å². The van der Waals surface area contributed by atoms with Crippen molar-refractivity contribution in [1.82, 2.24) is 9.78 Å². The number of benzene rings is 1. The van der Waals surface area contributed by atoms with E-state index in [1.807, 2.05) is 22.9 Å². The highest BCUT2D eigenvalue weighted by atomic mass is 15.3. The van der Waals surface area contributed by atoms with Gasteiger partial charge in [0.05, 0.1) is 17.9 Å². The Hall–Kier alpha value is -2.30. The highest BCUT2D eigenvalue weighted by molar-refractivity contribution is 5.75. The highest BCUT2D eigenvalue weighted by Crippen LogP contribution is 2.28. The molecule has 0 radical (unpaired) electrons. The minimum Gasteiger partial charge on any atom is -0.370 e. The Bertz CT molecular complexity index is 608. The number of rotatable bonds is 3. The molecular weight excluding hydrogens is 238 g/mol. The second kappa shape index (κ2) is 4.76. The quantitative estimate of drug-likeness (QED) is 0.637. The second-order valence-corrected chi connectivity index (χ2v) is 4.71. The Labute approximate surface area is 111 Å². The molecule has 0 saturated heterocycles. The average molecular weight is 255 g/mol. The standard InChI is InChI=1S/C14H17N5/c15-14(16)17-9-12-11-7-4-8-13(11)19(18-12)10-5-2-1-3-6-10/h1-3,5-6H,4,7-9H2,(H4,15,16,17). The summed E-state index contributed by atoms with van der Waals surface area (Å²) in [5.74, 6) is 0.112. The summed E-state index contributed by atoms with van der Waals surface area (Å²) in [4.78, 5) is 4.08. The zero-order chi connectivity index (χ0) is 13.2. The molecule has 1 aromatic carbocycles. The van der Waals surface area contributed by atoms with Crippen LogP contribution < -0.4 is 11.5 Å². The van der Waals surface area contributed by atoms with Crippen molar-refractivity contribution in [2.24, 2.45) is 16.5 Å². The number of nitrogens with two attached hydrogens (primary N) is 2. The second-order valence-electron chi connectivity index (χ2n) is 4.71. The fraction of sp³-hybridized carbons (Fsp3) is 0.286. The van der Waals surface area contributed by atoms with Crippen molar-refractivity contribution in [3.63, 3.8) is 0 Å². The third-order valence-corrected chi connectivity index (χ3v) is 3.43. The molecule has 0 saturated carbocycles. The first-order chi connectivity index (χ1) is 9.25. The third kappa shape index (κ3) is 2.19. The van der Waals surface area contributed by atoms with Crippen molar-refractivity contribution in [2.75, 3.05) is 0 Å². The molecular formula is C14H17N5. The molecule has 1 aromatic heterocycles. The number of aliphatic imine (C=N–C) groups is 1. The van der Waals surface area contributed by atoms with Gasteiger partial charge in [-0.1, -0.05) is 18.2 Å². The maximum atomic E-state index is 5.40. The minimum atomic E-state index is 0.112. The summed E-state index contributed by atoms with van der Waals surface area (Å²) in [6.45, 7) is 0.463. The summed E-state index contributed by atoms with van der Waals surface area (Å²) < 4.78 is 2.03. The van der Waals surface area contributed by atoms with Gasteiger partial charge in [0.2, 0.25) is 0 Å². The average Bonchev–Trinajstić information content (AvgIpc) is 2.99. The van der Waals surface area contributed by atoms with Gasteiger partial charge in [-0.05, 0) is 37.0 Å². The predicted molar refractivity (Wildman–Crippen MR) is 75.1 cm³/mol. The van der Waals surface area contributed by atoms with Crippen LogP contribution in [0.1, 0.15) is 23.4 Å². The van der Waals surface area contributed by atoms with E-state index in [4.69, 9.17) is 11.5 Å². The summed E-state index contributed by atoms with van der Waals surface area (Å²) in [6, 6.07) is 10.2. The highest BCUT2D eigenvalue weighted by Gasteiger charge is 2.22. The van der Waals surface area contributed by atoms with E-state index in [1.165, 1.54) is 17.7 Å². The lowest BCUT2D eigenvalue weighted by Gasteiger charge is -2.04. The maximum Gasteiger partial charge on any atom is 0.186 e. The number of fused-ring (bicyclic) bond motifs is 1. The first-order valence-corrected chi connectivity index (χ1v) is 6.46. The van der Waals surface area contributed by atoms with Crippen molar-refractivity contribution < 1.29 is 0 Å². The molecule has 0 unspecified atom stereocenters. The Kier molecular flexibility index (Phi) is 2.95. The van der Waals surface area contributed by atoms with Gasteiger partial charge in [-0.3, -0.25) is 0 Å². The molecule has 19 heavy (non-hydrogen) atoms. The van der Waals surface area contributed by atoms with Crippen LogP contribution >= 0.6 is 0 Å². The van der Waals surface area contributed by atoms with Crippen LogP contribution in [0, 0.1) is 0 Å². The van der Waals surface area contributed by atoms with Crippen LogP contribution in [0.2, 0.25) is 0 Å². The van der Waals surface area contributed by atoms with Gasteiger partial charge in [0.25, 0.3) is 0 Å². The first-order valence-electron chi connectivity index (χ1n) is 6.46. The number of aromatic nitrogens is 2. The van der Waals surface area contributed by atoms with Crippen molar-refractivity contribution in [1.29, 1.82) is 0 Å². The molecule has 4 N–H and O–H groups in total. The molecule has 0 aliphatic heterocycles. The van der Waals surface area contributed by atoms with Crippen LogP contribution in [0.5, 0.6) is 0 Å². The fourth-order valence-corrected chi connectivity index (χ4v) is 2.59. The van der Waals surface area contributed by atoms with Crippen molar-refractivity contribution in [3.8, 4) is 5.69 Å². The van der Waals surface area contributed by atoms with Crippen LogP contribution in [0.25, 0.3) is 5.69 Å². The van der Waals surface area contributed by atoms with E-state index in [-0.39, 0.29) is 5.96 Å². The van der Waals surface area contributed by atoms with Crippen molar-refractivity contribution in [2.45, 2.75) is 25.8 Å². The van der Waals surface area contributed by atoms with E-state index in [0.717, 1.165) is 24.2 Å². The van der Waals surface area contributed by atoms with Crippen molar-refractivity contribution >= 4 is 5.96 Å². The molecule has 98 valence electrons. The molecule has 0 fully saturated rings.